The highest BCUT2D eigenvalue weighted by Gasteiger charge is 2.37. The molecule has 0 aromatic carbocycles. The molecule has 2 atom stereocenters. The summed E-state index contributed by atoms with van der Waals surface area (Å²) in [4.78, 5) is 0. The smallest absolute Gasteiger partial charge is 0.282 e. The maximum atomic E-state index is 12.7. The van der Waals surface area contributed by atoms with Gasteiger partial charge in [0, 0.05) is 38.8 Å². The van der Waals surface area contributed by atoms with E-state index in [0.717, 1.165) is 19.3 Å². The summed E-state index contributed by atoms with van der Waals surface area (Å²) in [6.45, 7) is 5.52. The molecule has 0 bridgehead atoms. The van der Waals surface area contributed by atoms with Crippen molar-refractivity contribution in [2.24, 2.45) is 5.73 Å². The quantitative estimate of drug-likeness (QED) is 0.737. The molecule has 1 heterocycles. The number of hydrogen-bond donors (Lipinski definition) is 1. The van der Waals surface area contributed by atoms with E-state index in [0.29, 0.717) is 26.2 Å². The first-order valence-electron chi connectivity index (χ1n) is 6.96. The number of likely N-dealkylation sites (N-methyl/N-ethyl adjacent to an activating group) is 1. The molecule has 0 radical (unpaired) electrons. The van der Waals surface area contributed by atoms with Crippen LogP contribution in [0.3, 0.4) is 0 Å². The molecule has 6 nitrogen and oxygen atoms in total. The molecule has 2 N–H and O–H groups in total. The third-order valence-electron chi connectivity index (χ3n) is 3.65. The second kappa shape index (κ2) is 7.54. The SMILES string of the molecule is CCN(C(C)COC)S(=O)(=O)N1CCCCC1CN. The van der Waals surface area contributed by atoms with Crippen molar-refractivity contribution in [1.82, 2.24) is 8.61 Å². The van der Waals surface area contributed by atoms with Gasteiger partial charge < -0.3 is 10.5 Å². The van der Waals surface area contributed by atoms with E-state index in [1.165, 1.54) is 4.31 Å². The minimum absolute atomic E-state index is 0.0671. The summed E-state index contributed by atoms with van der Waals surface area (Å²) >= 11 is 0. The van der Waals surface area contributed by atoms with E-state index in [1.807, 2.05) is 13.8 Å². The Kier molecular flexibility index (Phi) is 6.68. The fraction of sp³-hybridized carbons (Fsp3) is 1.00. The molecule has 1 aliphatic heterocycles. The van der Waals surface area contributed by atoms with E-state index >= 15 is 0 Å². The molecule has 7 heteroatoms. The van der Waals surface area contributed by atoms with Crippen molar-refractivity contribution in [2.75, 3.05) is 33.4 Å². The standard InChI is InChI=1S/C12H27N3O3S/c1-4-14(11(2)10-18-3)19(16,17)15-8-6-5-7-12(15)9-13/h11-12H,4-10,13H2,1-3H3. The summed E-state index contributed by atoms with van der Waals surface area (Å²) in [5.74, 6) is 0. The van der Waals surface area contributed by atoms with Crippen LogP contribution in [0.1, 0.15) is 33.1 Å². The lowest BCUT2D eigenvalue weighted by molar-refractivity contribution is 0.135. The third kappa shape index (κ3) is 3.88. The first kappa shape index (κ1) is 16.8. The lowest BCUT2D eigenvalue weighted by Crippen LogP contribution is -2.55. The van der Waals surface area contributed by atoms with E-state index in [1.54, 1.807) is 11.4 Å². The fourth-order valence-electron chi connectivity index (χ4n) is 2.67. The van der Waals surface area contributed by atoms with Gasteiger partial charge in [-0.3, -0.25) is 0 Å². The zero-order valence-corrected chi connectivity index (χ0v) is 13.0. The molecule has 114 valence electrons. The minimum Gasteiger partial charge on any atom is -0.383 e. The van der Waals surface area contributed by atoms with E-state index in [9.17, 15) is 8.42 Å². The highest BCUT2D eigenvalue weighted by Crippen LogP contribution is 2.23. The predicted octanol–water partition coefficient (Wildman–Crippen LogP) is 0.401. The molecule has 0 spiro atoms. The number of methoxy groups -OCH3 is 1. The van der Waals surface area contributed by atoms with Gasteiger partial charge in [-0.25, -0.2) is 0 Å². The second-order valence-corrected chi connectivity index (χ2v) is 6.85. The molecule has 0 aromatic heterocycles. The minimum atomic E-state index is -3.45. The maximum Gasteiger partial charge on any atom is 0.282 e. The van der Waals surface area contributed by atoms with Gasteiger partial charge in [0.2, 0.25) is 0 Å². The average Bonchev–Trinajstić information content (AvgIpc) is 2.39. The zero-order chi connectivity index (χ0) is 14.5. The largest absolute Gasteiger partial charge is 0.383 e. The van der Waals surface area contributed by atoms with Crippen LogP contribution in [-0.2, 0) is 14.9 Å². The van der Waals surface area contributed by atoms with E-state index in [-0.39, 0.29) is 12.1 Å². The molecule has 1 fully saturated rings. The van der Waals surface area contributed by atoms with Crippen LogP contribution in [0.5, 0.6) is 0 Å². The molecule has 1 saturated heterocycles. The Labute approximate surface area is 117 Å². The first-order chi connectivity index (χ1) is 8.98. The molecule has 1 aliphatic rings. The monoisotopic (exact) mass is 293 g/mol. The van der Waals surface area contributed by atoms with Crippen molar-refractivity contribution in [3.05, 3.63) is 0 Å². The van der Waals surface area contributed by atoms with Crippen molar-refractivity contribution >= 4 is 10.2 Å². The van der Waals surface area contributed by atoms with Gasteiger partial charge in [0.25, 0.3) is 10.2 Å². The van der Waals surface area contributed by atoms with Gasteiger partial charge in [0.1, 0.15) is 0 Å². The second-order valence-electron chi connectivity index (χ2n) is 5.01. The van der Waals surface area contributed by atoms with Crippen LogP contribution in [0.4, 0.5) is 0 Å². The highest BCUT2D eigenvalue weighted by atomic mass is 32.2. The van der Waals surface area contributed by atoms with Crippen LogP contribution < -0.4 is 5.73 Å². The Morgan fingerprint density at radius 1 is 1.47 bits per heavy atom. The van der Waals surface area contributed by atoms with Crippen LogP contribution in [0.15, 0.2) is 0 Å². The molecular weight excluding hydrogens is 266 g/mol. The molecule has 0 aromatic rings. The number of nitrogens with zero attached hydrogens (tertiary/aromatic N) is 2. The lowest BCUT2D eigenvalue weighted by Gasteiger charge is -2.39. The van der Waals surface area contributed by atoms with Gasteiger partial charge >= 0.3 is 0 Å². The first-order valence-corrected chi connectivity index (χ1v) is 8.36. The molecule has 0 aliphatic carbocycles. The molecule has 0 amide bonds. The van der Waals surface area contributed by atoms with Gasteiger partial charge in [0.05, 0.1) is 6.61 Å². The van der Waals surface area contributed by atoms with Crippen LogP contribution >= 0.6 is 0 Å². The van der Waals surface area contributed by atoms with Crippen molar-refractivity contribution in [3.8, 4) is 0 Å². The number of hydrogen-bond acceptors (Lipinski definition) is 4. The third-order valence-corrected chi connectivity index (χ3v) is 5.93. The van der Waals surface area contributed by atoms with Crippen LogP contribution in [0.2, 0.25) is 0 Å². The van der Waals surface area contributed by atoms with Gasteiger partial charge in [-0.1, -0.05) is 13.3 Å². The van der Waals surface area contributed by atoms with E-state index in [4.69, 9.17) is 10.5 Å². The van der Waals surface area contributed by atoms with Crippen molar-refractivity contribution in [1.29, 1.82) is 0 Å². The Morgan fingerprint density at radius 2 is 2.16 bits per heavy atom. The van der Waals surface area contributed by atoms with Crippen molar-refractivity contribution in [3.63, 3.8) is 0 Å². The summed E-state index contributed by atoms with van der Waals surface area (Å²) in [5.41, 5.74) is 5.72. The van der Waals surface area contributed by atoms with E-state index < -0.39 is 10.2 Å². The summed E-state index contributed by atoms with van der Waals surface area (Å²) < 4.78 is 33.6. The summed E-state index contributed by atoms with van der Waals surface area (Å²) in [6, 6.07) is -0.233. The maximum absolute atomic E-state index is 12.7. The Bertz CT molecular complexity index is 361. The number of nitrogens with two attached hydrogens (primary N) is 1. The molecule has 1 rings (SSSR count). The van der Waals surface area contributed by atoms with E-state index in [2.05, 4.69) is 0 Å². The predicted molar refractivity (Wildman–Crippen MR) is 76.0 cm³/mol. The van der Waals surface area contributed by atoms with Gasteiger partial charge in [-0.05, 0) is 19.8 Å². The van der Waals surface area contributed by atoms with Crippen molar-refractivity contribution in [2.45, 2.75) is 45.2 Å². The Hall–Kier alpha value is -0.210. The van der Waals surface area contributed by atoms with Crippen LogP contribution in [0.25, 0.3) is 0 Å². The summed E-state index contributed by atoms with van der Waals surface area (Å²) in [7, 11) is -1.87. The highest BCUT2D eigenvalue weighted by molar-refractivity contribution is 7.86. The Balaban J connectivity index is 2.92. The van der Waals surface area contributed by atoms with Crippen molar-refractivity contribution < 1.29 is 13.2 Å². The molecule has 19 heavy (non-hydrogen) atoms. The summed E-state index contributed by atoms with van der Waals surface area (Å²) in [5, 5.41) is 0. The lowest BCUT2D eigenvalue weighted by atomic mass is 10.1. The Morgan fingerprint density at radius 3 is 2.68 bits per heavy atom. The van der Waals surface area contributed by atoms with Crippen LogP contribution in [-0.4, -0.2) is 62.5 Å². The van der Waals surface area contributed by atoms with Crippen LogP contribution in [0, 0.1) is 0 Å². The topological polar surface area (TPSA) is 75.9 Å². The molecule has 2 unspecified atom stereocenters. The van der Waals surface area contributed by atoms with Gasteiger partial charge in [0.15, 0.2) is 0 Å². The number of ether oxygens (including phenoxy) is 1. The summed E-state index contributed by atoms with van der Waals surface area (Å²) in [6.07, 6.45) is 2.81. The normalized spacial score (nSPS) is 23.7. The van der Waals surface area contributed by atoms with Gasteiger partial charge in [-0.2, -0.15) is 17.0 Å². The molecule has 0 saturated carbocycles. The number of piperidine rings is 1. The molecular formula is C12H27N3O3S. The number of rotatable bonds is 7. The zero-order valence-electron chi connectivity index (χ0n) is 12.2. The van der Waals surface area contributed by atoms with Gasteiger partial charge in [-0.15, -0.1) is 0 Å². The average molecular weight is 293 g/mol. The fourth-order valence-corrected chi connectivity index (χ4v) is 4.71.